The van der Waals surface area contributed by atoms with Crippen LogP contribution < -0.4 is 5.32 Å². The van der Waals surface area contributed by atoms with Crippen molar-refractivity contribution in [2.24, 2.45) is 5.16 Å². The number of carbonyl (C=O) groups excluding carboxylic acids is 1. The molecule has 6 heteroatoms. The highest BCUT2D eigenvalue weighted by atomic mass is 19.1. The number of amides is 1. The van der Waals surface area contributed by atoms with Crippen molar-refractivity contribution in [3.8, 4) is 0 Å². The number of benzene rings is 2. The van der Waals surface area contributed by atoms with Gasteiger partial charge in [-0.1, -0.05) is 47.6 Å². The molecule has 1 fully saturated rings. The molecule has 1 amide bonds. The Labute approximate surface area is 157 Å². The summed E-state index contributed by atoms with van der Waals surface area (Å²) in [7, 11) is 0. The molecule has 0 spiro atoms. The zero-order chi connectivity index (χ0) is 18.6. The Morgan fingerprint density at radius 3 is 2.63 bits per heavy atom. The van der Waals surface area contributed by atoms with E-state index in [1.165, 1.54) is 12.1 Å². The number of carbonyl (C=O) groups is 1. The van der Waals surface area contributed by atoms with Crippen LogP contribution in [0.1, 0.15) is 42.5 Å². The number of halogens is 1. The van der Waals surface area contributed by atoms with Crippen molar-refractivity contribution in [1.82, 2.24) is 5.32 Å². The van der Waals surface area contributed by atoms with Crippen molar-refractivity contribution in [3.63, 3.8) is 0 Å². The second-order valence-corrected chi connectivity index (χ2v) is 6.80. The normalized spacial score (nSPS) is 22.8. The fourth-order valence-electron chi connectivity index (χ4n) is 3.51. The molecule has 5 nitrogen and oxygen atoms in total. The topological polar surface area (TPSA) is 59.9 Å². The van der Waals surface area contributed by atoms with Crippen molar-refractivity contribution in [2.45, 2.75) is 37.5 Å². The van der Waals surface area contributed by atoms with E-state index in [4.69, 9.17) is 9.57 Å². The molecule has 27 heavy (non-hydrogen) atoms. The minimum Gasteiger partial charge on any atom is -0.387 e. The number of oxime groups is 1. The average Bonchev–Trinajstić information content (AvgIpc) is 3.40. The van der Waals surface area contributed by atoms with E-state index in [9.17, 15) is 9.18 Å². The number of ether oxygens (including phenoxy) is 1. The molecule has 0 aliphatic carbocycles. The van der Waals surface area contributed by atoms with Crippen LogP contribution in [0.15, 0.2) is 59.8 Å². The SMILES string of the molecule is O=C(N[C@H](c1ccc(F)cc1)[C@H]1CCCO1)C1=NO[C@@H](c2ccccc2)C1. The van der Waals surface area contributed by atoms with Gasteiger partial charge in [-0.25, -0.2) is 4.39 Å². The molecule has 0 unspecified atom stereocenters. The summed E-state index contributed by atoms with van der Waals surface area (Å²) in [6.07, 6.45) is 1.82. The second-order valence-electron chi connectivity index (χ2n) is 6.80. The molecule has 0 aromatic heterocycles. The van der Waals surface area contributed by atoms with E-state index in [2.05, 4.69) is 10.5 Å². The lowest BCUT2D eigenvalue weighted by Crippen LogP contribution is -2.39. The highest BCUT2D eigenvalue weighted by molar-refractivity contribution is 6.39. The molecule has 2 aromatic rings. The van der Waals surface area contributed by atoms with E-state index in [0.29, 0.717) is 18.7 Å². The van der Waals surface area contributed by atoms with E-state index < -0.39 is 0 Å². The number of hydrogen-bond donors (Lipinski definition) is 1. The van der Waals surface area contributed by atoms with Crippen LogP contribution in [0.2, 0.25) is 0 Å². The molecule has 2 aliphatic heterocycles. The number of nitrogens with zero attached hydrogens (tertiary/aromatic N) is 1. The lowest BCUT2D eigenvalue weighted by Gasteiger charge is -2.24. The van der Waals surface area contributed by atoms with Crippen molar-refractivity contribution in [3.05, 3.63) is 71.5 Å². The molecule has 1 N–H and O–H groups in total. The maximum absolute atomic E-state index is 13.3. The predicted molar refractivity (Wildman–Crippen MR) is 98.6 cm³/mol. The molecule has 2 aromatic carbocycles. The fourth-order valence-corrected chi connectivity index (χ4v) is 3.51. The van der Waals surface area contributed by atoms with Gasteiger partial charge in [0, 0.05) is 13.0 Å². The van der Waals surface area contributed by atoms with Gasteiger partial charge >= 0.3 is 0 Å². The van der Waals surface area contributed by atoms with Gasteiger partial charge in [0.1, 0.15) is 11.5 Å². The molecule has 140 valence electrons. The van der Waals surface area contributed by atoms with Crippen LogP contribution in [0.3, 0.4) is 0 Å². The first kappa shape index (κ1) is 17.7. The highest BCUT2D eigenvalue weighted by Crippen LogP contribution is 2.29. The third-order valence-corrected chi connectivity index (χ3v) is 4.95. The van der Waals surface area contributed by atoms with Gasteiger partial charge in [0.15, 0.2) is 6.10 Å². The first-order chi connectivity index (χ1) is 13.2. The Bertz CT molecular complexity index is 817. The Kier molecular flexibility index (Phi) is 5.16. The van der Waals surface area contributed by atoms with Crippen LogP contribution >= 0.6 is 0 Å². The van der Waals surface area contributed by atoms with E-state index in [1.54, 1.807) is 12.1 Å². The van der Waals surface area contributed by atoms with Crippen LogP contribution in [-0.4, -0.2) is 24.3 Å². The molecular weight excluding hydrogens is 347 g/mol. The van der Waals surface area contributed by atoms with Crippen molar-refractivity contribution in [2.75, 3.05) is 6.61 Å². The van der Waals surface area contributed by atoms with Gasteiger partial charge in [-0.3, -0.25) is 4.79 Å². The number of nitrogens with one attached hydrogen (secondary N) is 1. The summed E-state index contributed by atoms with van der Waals surface area (Å²) < 4.78 is 19.1. The van der Waals surface area contributed by atoms with E-state index in [0.717, 1.165) is 24.0 Å². The zero-order valence-corrected chi connectivity index (χ0v) is 14.8. The molecular formula is C21H21FN2O3. The van der Waals surface area contributed by atoms with Crippen molar-refractivity contribution >= 4 is 11.6 Å². The first-order valence-corrected chi connectivity index (χ1v) is 9.16. The highest BCUT2D eigenvalue weighted by Gasteiger charge is 2.33. The third kappa shape index (κ3) is 4.01. The molecule has 0 saturated carbocycles. The van der Waals surface area contributed by atoms with Gasteiger partial charge in [-0.15, -0.1) is 0 Å². The Hall–Kier alpha value is -2.73. The van der Waals surface area contributed by atoms with Gasteiger partial charge in [-0.2, -0.15) is 0 Å². The summed E-state index contributed by atoms with van der Waals surface area (Å²) in [5, 5.41) is 7.00. The average molecular weight is 368 g/mol. The van der Waals surface area contributed by atoms with Gasteiger partial charge in [-0.05, 0) is 36.1 Å². The lowest BCUT2D eigenvalue weighted by atomic mass is 9.98. The largest absolute Gasteiger partial charge is 0.387 e. The third-order valence-electron chi connectivity index (χ3n) is 4.95. The predicted octanol–water partition coefficient (Wildman–Crippen LogP) is 3.68. The quantitative estimate of drug-likeness (QED) is 0.876. The summed E-state index contributed by atoms with van der Waals surface area (Å²) in [4.78, 5) is 18.2. The van der Waals surface area contributed by atoms with Gasteiger partial charge in [0.05, 0.1) is 12.1 Å². The molecule has 2 aliphatic rings. The van der Waals surface area contributed by atoms with Crippen LogP contribution in [0.4, 0.5) is 4.39 Å². The Morgan fingerprint density at radius 1 is 1.15 bits per heavy atom. The number of hydrogen-bond acceptors (Lipinski definition) is 4. The van der Waals surface area contributed by atoms with Gasteiger partial charge in [0.25, 0.3) is 5.91 Å². The molecule has 0 radical (unpaired) electrons. The summed E-state index contributed by atoms with van der Waals surface area (Å²) in [6.45, 7) is 0.665. The van der Waals surface area contributed by atoms with Crippen LogP contribution in [0.25, 0.3) is 0 Å². The van der Waals surface area contributed by atoms with E-state index in [-0.39, 0.29) is 30.0 Å². The number of rotatable bonds is 5. The monoisotopic (exact) mass is 368 g/mol. The maximum Gasteiger partial charge on any atom is 0.269 e. The summed E-state index contributed by atoms with van der Waals surface area (Å²) in [6, 6.07) is 15.5. The zero-order valence-electron chi connectivity index (χ0n) is 14.8. The maximum atomic E-state index is 13.3. The first-order valence-electron chi connectivity index (χ1n) is 9.16. The lowest BCUT2D eigenvalue weighted by molar-refractivity contribution is -0.116. The van der Waals surface area contributed by atoms with Crippen molar-refractivity contribution < 1.29 is 18.8 Å². The van der Waals surface area contributed by atoms with Crippen molar-refractivity contribution in [1.29, 1.82) is 0 Å². The molecule has 4 rings (SSSR count). The van der Waals surface area contributed by atoms with Crippen LogP contribution in [0.5, 0.6) is 0 Å². The molecule has 2 heterocycles. The summed E-state index contributed by atoms with van der Waals surface area (Å²) >= 11 is 0. The minimum absolute atomic E-state index is 0.132. The minimum atomic E-state index is -0.348. The Morgan fingerprint density at radius 2 is 1.93 bits per heavy atom. The van der Waals surface area contributed by atoms with Gasteiger partial charge < -0.3 is 14.9 Å². The fraction of sp³-hybridized carbons (Fsp3) is 0.333. The van der Waals surface area contributed by atoms with E-state index in [1.807, 2.05) is 30.3 Å². The van der Waals surface area contributed by atoms with E-state index >= 15 is 0 Å². The van der Waals surface area contributed by atoms with Crippen LogP contribution in [0, 0.1) is 5.82 Å². The molecule has 3 atom stereocenters. The summed E-state index contributed by atoms with van der Waals surface area (Å²) in [5.41, 5.74) is 2.16. The van der Waals surface area contributed by atoms with Gasteiger partial charge in [0.2, 0.25) is 0 Å². The standard InChI is InChI=1S/C21H21FN2O3/c22-16-10-8-15(9-11-16)20(18-7-4-12-26-18)23-21(25)17-13-19(27-24-17)14-5-2-1-3-6-14/h1-3,5-6,8-11,18-20H,4,7,12-13H2,(H,23,25)/t18-,19-,20-/m1/s1. The summed E-state index contributed by atoms with van der Waals surface area (Å²) in [5.74, 6) is -0.589. The molecule has 0 bridgehead atoms. The Balaban J connectivity index is 1.46. The van der Waals surface area contributed by atoms with Crippen LogP contribution in [-0.2, 0) is 14.4 Å². The molecule has 1 saturated heterocycles. The smallest absolute Gasteiger partial charge is 0.269 e. The second kappa shape index (κ2) is 7.88.